The number of hydrogen-bond donors (Lipinski definition) is 1. The van der Waals surface area contributed by atoms with E-state index in [1.807, 2.05) is 0 Å². The van der Waals surface area contributed by atoms with Crippen LogP contribution in [0.2, 0.25) is 0 Å². The Balaban J connectivity index is 2.27. The Morgan fingerprint density at radius 3 is 2.79 bits per heavy atom. The maximum absolute atomic E-state index is 6.15. The lowest BCUT2D eigenvalue weighted by molar-refractivity contribution is -0.0895. The van der Waals surface area contributed by atoms with Gasteiger partial charge in [0.2, 0.25) is 0 Å². The molecule has 0 aliphatic carbocycles. The van der Waals surface area contributed by atoms with Crippen LogP contribution in [0.3, 0.4) is 0 Å². The van der Waals surface area contributed by atoms with Crippen LogP contribution in [-0.2, 0) is 11.2 Å². The average molecular weight is 261 g/mol. The molecule has 1 aliphatic rings. The van der Waals surface area contributed by atoms with Crippen molar-refractivity contribution in [3.63, 3.8) is 0 Å². The summed E-state index contributed by atoms with van der Waals surface area (Å²) >= 11 is 0. The Kier molecular flexibility index (Phi) is 5.00. The summed E-state index contributed by atoms with van der Waals surface area (Å²) in [5.74, 6) is 0. The van der Waals surface area contributed by atoms with Crippen LogP contribution < -0.4 is 5.32 Å². The first kappa shape index (κ1) is 14.5. The van der Waals surface area contributed by atoms with Crippen molar-refractivity contribution in [1.29, 1.82) is 0 Å². The van der Waals surface area contributed by atoms with Crippen LogP contribution in [0.5, 0.6) is 0 Å². The van der Waals surface area contributed by atoms with E-state index in [0.29, 0.717) is 6.04 Å². The van der Waals surface area contributed by atoms with Gasteiger partial charge in [-0.25, -0.2) is 0 Å². The SMILES string of the molecule is CCNC(c1cccc(CC)c1)C1(C)CCCCO1. The summed E-state index contributed by atoms with van der Waals surface area (Å²) in [5, 5.41) is 3.64. The molecule has 2 rings (SSSR count). The first-order valence-corrected chi connectivity index (χ1v) is 7.66. The van der Waals surface area contributed by atoms with Crippen molar-refractivity contribution >= 4 is 0 Å². The molecule has 1 N–H and O–H groups in total. The van der Waals surface area contributed by atoms with Crippen LogP contribution in [-0.4, -0.2) is 18.8 Å². The first-order chi connectivity index (χ1) is 9.19. The first-order valence-electron chi connectivity index (χ1n) is 7.66. The highest BCUT2D eigenvalue weighted by Crippen LogP contribution is 2.36. The van der Waals surface area contributed by atoms with Gasteiger partial charge < -0.3 is 10.1 Å². The van der Waals surface area contributed by atoms with Gasteiger partial charge in [0.25, 0.3) is 0 Å². The van der Waals surface area contributed by atoms with Gasteiger partial charge in [0.15, 0.2) is 0 Å². The molecule has 2 heteroatoms. The Morgan fingerprint density at radius 1 is 1.32 bits per heavy atom. The lowest BCUT2D eigenvalue weighted by Crippen LogP contribution is -2.45. The fraction of sp³-hybridized carbons (Fsp3) is 0.647. The van der Waals surface area contributed by atoms with Gasteiger partial charge in [-0.1, -0.05) is 38.1 Å². The summed E-state index contributed by atoms with van der Waals surface area (Å²) in [4.78, 5) is 0. The standard InChI is InChI=1S/C17H27NO/c1-4-14-9-8-10-15(13-14)16(18-5-2)17(3)11-6-7-12-19-17/h8-10,13,16,18H,4-7,11-12H2,1-3H3. The Hall–Kier alpha value is -0.860. The molecular weight excluding hydrogens is 234 g/mol. The van der Waals surface area contributed by atoms with Gasteiger partial charge in [0, 0.05) is 6.61 Å². The molecule has 0 spiro atoms. The Bertz CT molecular complexity index is 396. The maximum atomic E-state index is 6.15. The topological polar surface area (TPSA) is 21.3 Å². The van der Waals surface area contributed by atoms with Crippen LogP contribution in [0.4, 0.5) is 0 Å². The van der Waals surface area contributed by atoms with Gasteiger partial charge in [-0.15, -0.1) is 0 Å². The smallest absolute Gasteiger partial charge is 0.0848 e. The average Bonchev–Trinajstić information content (AvgIpc) is 2.45. The quantitative estimate of drug-likeness (QED) is 0.869. The molecule has 1 saturated heterocycles. The zero-order chi connectivity index (χ0) is 13.7. The predicted molar refractivity (Wildman–Crippen MR) is 80.4 cm³/mol. The van der Waals surface area contributed by atoms with Crippen LogP contribution >= 0.6 is 0 Å². The van der Waals surface area contributed by atoms with E-state index in [4.69, 9.17) is 4.74 Å². The number of rotatable bonds is 5. The van der Waals surface area contributed by atoms with E-state index in [9.17, 15) is 0 Å². The minimum atomic E-state index is -0.0688. The van der Waals surface area contributed by atoms with Crippen molar-refractivity contribution in [2.75, 3.05) is 13.2 Å². The molecule has 2 unspecified atom stereocenters. The minimum absolute atomic E-state index is 0.0688. The highest BCUT2D eigenvalue weighted by atomic mass is 16.5. The van der Waals surface area contributed by atoms with Crippen LogP contribution in [0.25, 0.3) is 0 Å². The molecule has 2 atom stereocenters. The molecular formula is C17H27NO. The van der Waals surface area contributed by atoms with E-state index in [0.717, 1.165) is 26.0 Å². The highest BCUT2D eigenvalue weighted by molar-refractivity contribution is 5.28. The number of ether oxygens (including phenoxy) is 1. The molecule has 0 saturated carbocycles. The van der Waals surface area contributed by atoms with Crippen molar-refractivity contribution in [3.8, 4) is 0 Å². The molecule has 0 bridgehead atoms. The Morgan fingerprint density at radius 2 is 2.16 bits per heavy atom. The number of aryl methyl sites for hydroxylation is 1. The van der Waals surface area contributed by atoms with Crippen molar-refractivity contribution in [2.45, 2.75) is 58.1 Å². The molecule has 1 aromatic rings. The largest absolute Gasteiger partial charge is 0.373 e. The lowest BCUT2D eigenvalue weighted by Gasteiger charge is -2.41. The van der Waals surface area contributed by atoms with Gasteiger partial charge >= 0.3 is 0 Å². The zero-order valence-electron chi connectivity index (χ0n) is 12.5. The van der Waals surface area contributed by atoms with Crippen LogP contribution in [0.15, 0.2) is 24.3 Å². The summed E-state index contributed by atoms with van der Waals surface area (Å²) in [6.45, 7) is 8.51. The number of benzene rings is 1. The second kappa shape index (κ2) is 6.53. The van der Waals surface area contributed by atoms with E-state index in [-0.39, 0.29) is 5.60 Å². The number of hydrogen-bond acceptors (Lipinski definition) is 2. The van der Waals surface area contributed by atoms with Gasteiger partial charge in [0.1, 0.15) is 0 Å². The van der Waals surface area contributed by atoms with Gasteiger partial charge in [-0.3, -0.25) is 0 Å². The number of nitrogens with one attached hydrogen (secondary N) is 1. The fourth-order valence-electron chi connectivity index (χ4n) is 3.07. The van der Waals surface area contributed by atoms with Crippen molar-refractivity contribution in [3.05, 3.63) is 35.4 Å². The molecule has 19 heavy (non-hydrogen) atoms. The Labute approximate surface area is 117 Å². The molecule has 0 aromatic heterocycles. The lowest BCUT2D eigenvalue weighted by atomic mass is 9.83. The molecule has 1 aromatic carbocycles. The molecule has 0 radical (unpaired) electrons. The third kappa shape index (κ3) is 3.37. The summed E-state index contributed by atoms with van der Waals surface area (Å²) in [6.07, 6.45) is 4.70. The molecule has 0 amide bonds. The number of likely N-dealkylation sites (N-methyl/N-ethyl adjacent to an activating group) is 1. The maximum Gasteiger partial charge on any atom is 0.0848 e. The van der Waals surface area contributed by atoms with Crippen molar-refractivity contribution in [1.82, 2.24) is 5.32 Å². The third-order valence-electron chi connectivity index (χ3n) is 4.21. The molecule has 106 valence electrons. The van der Waals surface area contributed by atoms with Crippen LogP contribution in [0, 0.1) is 0 Å². The van der Waals surface area contributed by atoms with Gasteiger partial charge in [-0.2, -0.15) is 0 Å². The highest BCUT2D eigenvalue weighted by Gasteiger charge is 2.37. The van der Waals surface area contributed by atoms with Crippen LogP contribution in [0.1, 0.15) is 57.2 Å². The van der Waals surface area contributed by atoms with Crippen molar-refractivity contribution in [2.24, 2.45) is 0 Å². The third-order valence-corrected chi connectivity index (χ3v) is 4.21. The van der Waals surface area contributed by atoms with E-state index in [2.05, 4.69) is 50.4 Å². The van der Waals surface area contributed by atoms with E-state index >= 15 is 0 Å². The second-order valence-corrected chi connectivity index (χ2v) is 5.71. The molecule has 1 aliphatic heterocycles. The van der Waals surface area contributed by atoms with E-state index < -0.39 is 0 Å². The summed E-state index contributed by atoms with van der Waals surface area (Å²) in [6, 6.07) is 9.23. The fourth-order valence-corrected chi connectivity index (χ4v) is 3.07. The second-order valence-electron chi connectivity index (χ2n) is 5.71. The zero-order valence-corrected chi connectivity index (χ0v) is 12.5. The van der Waals surface area contributed by atoms with E-state index in [1.165, 1.54) is 24.0 Å². The van der Waals surface area contributed by atoms with Gasteiger partial charge in [0.05, 0.1) is 11.6 Å². The molecule has 1 heterocycles. The van der Waals surface area contributed by atoms with Crippen molar-refractivity contribution < 1.29 is 4.74 Å². The summed E-state index contributed by atoms with van der Waals surface area (Å²) in [5.41, 5.74) is 2.70. The summed E-state index contributed by atoms with van der Waals surface area (Å²) < 4.78 is 6.15. The predicted octanol–water partition coefficient (Wildman–Crippen LogP) is 3.86. The van der Waals surface area contributed by atoms with Gasteiger partial charge in [-0.05, 0) is 50.3 Å². The molecule has 2 nitrogen and oxygen atoms in total. The minimum Gasteiger partial charge on any atom is -0.373 e. The van der Waals surface area contributed by atoms with E-state index in [1.54, 1.807) is 0 Å². The normalized spacial score (nSPS) is 25.2. The molecule has 1 fully saturated rings. The summed E-state index contributed by atoms with van der Waals surface area (Å²) in [7, 11) is 0. The monoisotopic (exact) mass is 261 g/mol.